The highest BCUT2D eigenvalue weighted by Crippen LogP contribution is 2.32. The third-order valence-electron chi connectivity index (χ3n) is 4.71. The van der Waals surface area contributed by atoms with E-state index in [0.29, 0.717) is 12.2 Å². The molecule has 6 heteroatoms. The van der Waals surface area contributed by atoms with Gasteiger partial charge in [-0.25, -0.2) is 0 Å². The number of alkyl halides is 1. The van der Waals surface area contributed by atoms with Crippen LogP contribution in [-0.4, -0.2) is 22.0 Å². The Morgan fingerprint density at radius 3 is 1.81 bits per heavy atom. The van der Waals surface area contributed by atoms with Crippen molar-refractivity contribution in [2.75, 3.05) is 0 Å². The van der Waals surface area contributed by atoms with E-state index in [0.717, 1.165) is 4.90 Å². The summed E-state index contributed by atoms with van der Waals surface area (Å²) >= 11 is 2.00. The Labute approximate surface area is 205 Å². The van der Waals surface area contributed by atoms with Gasteiger partial charge in [-0.3, -0.25) is 9.59 Å². The first kappa shape index (κ1) is 24.3. The number of benzene rings is 3. The Bertz CT molecular complexity index is 968. The Kier molecular flexibility index (Phi) is 9.17. The largest absolute Gasteiger partial charge is 0.461 e. The van der Waals surface area contributed by atoms with E-state index < -0.39 is 12.1 Å². The quantitative estimate of drug-likeness (QED) is 0.102. The van der Waals surface area contributed by atoms with Crippen molar-refractivity contribution in [3.8, 4) is 5.75 Å². The summed E-state index contributed by atoms with van der Waals surface area (Å²) in [4.78, 5) is 27.8. The van der Waals surface area contributed by atoms with Crippen LogP contribution in [0, 0.1) is 0 Å². The second kappa shape index (κ2) is 12.1. The van der Waals surface area contributed by atoms with Crippen molar-refractivity contribution in [2.45, 2.75) is 51.4 Å². The SMILES string of the molecule is CCC(CC(=O)Oc1ccc([S+](c2ccccc2)c2ccccc2)cc1)OC(=O)C(C)I. The van der Waals surface area contributed by atoms with Gasteiger partial charge in [0.15, 0.2) is 14.7 Å². The summed E-state index contributed by atoms with van der Waals surface area (Å²) in [6.45, 7) is 3.64. The molecule has 3 aromatic carbocycles. The molecule has 0 aromatic heterocycles. The molecule has 0 saturated carbocycles. The Balaban J connectivity index is 1.71. The fourth-order valence-electron chi connectivity index (χ4n) is 3.05. The van der Waals surface area contributed by atoms with Crippen LogP contribution < -0.4 is 4.74 Å². The lowest BCUT2D eigenvalue weighted by Crippen LogP contribution is -2.26. The maximum Gasteiger partial charge on any atom is 0.318 e. The standard InChI is InChI=1S/C26H26IO4S/c1-3-20(31-26(29)19(2)27)18-25(28)30-21-14-16-24(17-15-21)32(22-10-6-4-7-11-22)23-12-8-5-9-13-23/h4-17,19-20H,3,18H2,1-2H3/q+1. The average molecular weight is 561 g/mol. The number of halogens is 1. The molecule has 3 rings (SSSR count). The van der Waals surface area contributed by atoms with Crippen molar-refractivity contribution >= 4 is 45.4 Å². The molecular formula is C26H26IO4S+. The molecule has 0 bridgehead atoms. The molecule has 2 unspecified atom stereocenters. The van der Waals surface area contributed by atoms with Crippen LogP contribution >= 0.6 is 22.6 Å². The zero-order chi connectivity index (χ0) is 22.9. The van der Waals surface area contributed by atoms with Gasteiger partial charge in [0.05, 0.1) is 17.3 Å². The van der Waals surface area contributed by atoms with Crippen molar-refractivity contribution in [3.63, 3.8) is 0 Å². The molecule has 0 aliphatic carbocycles. The van der Waals surface area contributed by atoms with Crippen LogP contribution in [0.25, 0.3) is 0 Å². The summed E-state index contributed by atoms with van der Waals surface area (Å²) in [6.07, 6.45) is 0.111. The first-order chi connectivity index (χ1) is 15.5. The normalized spacial score (nSPS) is 12.8. The fourth-order valence-corrected chi connectivity index (χ4v) is 5.28. The van der Waals surface area contributed by atoms with Gasteiger partial charge >= 0.3 is 11.9 Å². The zero-order valence-electron chi connectivity index (χ0n) is 18.1. The summed E-state index contributed by atoms with van der Waals surface area (Å²) in [5.74, 6) is -0.251. The van der Waals surface area contributed by atoms with Crippen LogP contribution in [0.5, 0.6) is 5.75 Å². The molecule has 0 heterocycles. The van der Waals surface area contributed by atoms with Gasteiger partial charge in [-0.1, -0.05) is 65.9 Å². The molecule has 32 heavy (non-hydrogen) atoms. The minimum absolute atomic E-state index is 0.0335. The predicted octanol–water partition coefficient (Wildman–Crippen LogP) is 6.22. The second-order valence-electron chi connectivity index (χ2n) is 7.17. The lowest BCUT2D eigenvalue weighted by molar-refractivity contribution is -0.151. The van der Waals surface area contributed by atoms with E-state index in [1.807, 2.05) is 90.2 Å². The number of hydrogen-bond acceptors (Lipinski definition) is 4. The van der Waals surface area contributed by atoms with Crippen molar-refractivity contribution in [1.82, 2.24) is 0 Å². The Morgan fingerprint density at radius 2 is 1.34 bits per heavy atom. The lowest BCUT2D eigenvalue weighted by Gasteiger charge is -2.16. The average Bonchev–Trinajstić information content (AvgIpc) is 2.81. The van der Waals surface area contributed by atoms with Gasteiger partial charge in [-0.05, 0) is 61.9 Å². The van der Waals surface area contributed by atoms with Crippen LogP contribution in [0.15, 0.2) is 99.6 Å². The van der Waals surface area contributed by atoms with Crippen LogP contribution in [-0.2, 0) is 25.2 Å². The molecule has 4 nitrogen and oxygen atoms in total. The maximum atomic E-state index is 12.4. The molecule has 0 aliphatic rings. The molecule has 0 aliphatic heterocycles. The number of rotatable bonds is 9. The second-order valence-corrected chi connectivity index (χ2v) is 11.1. The van der Waals surface area contributed by atoms with Gasteiger partial charge in [0.2, 0.25) is 0 Å². The van der Waals surface area contributed by atoms with E-state index in [-0.39, 0.29) is 27.2 Å². The third-order valence-corrected chi connectivity index (χ3v) is 7.45. The molecule has 0 N–H and O–H groups in total. The number of ether oxygens (including phenoxy) is 2. The molecule has 0 saturated heterocycles. The van der Waals surface area contributed by atoms with Crippen molar-refractivity contribution in [3.05, 3.63) is 84.9 Å². The molecule has 0 spiro atoms. The van der Waals surface area contributed by atoms with Gasteiger partial charge in [-0.15, -0.1) is 0 Å². The highest BCUT2D eigenvalue weighted by atomic mass is 127. The van der Waals surface area contributed by atoms with E-state index in [4.69, 9.17) is 9.47 Å². The molecule has 166 valence electrons. The minimum atomic E-state index is -0.478. The summed E-state index contributed by atoms with van der Waals surface area (Å²) in [7, 11) is -0.256. The van der Waals surface area contributed by atoms with Crippen LogP contribution in [0.1, 0.15) is 26.7 Å². The number of esters is 2. The van der Waals surface area contributed by atoms with Gasteiger partial charge in [0, 0.05) is 0 Å². The van der Waals surface area contributed by atoms with E-state index in [9.17, 15) is 9.59 Å². The highest BCUT2D eigenvalue weighted by Gasteiger charge is 2.28. The lowest BCUT2D eigenvalue weighted by atomic mass is 10.2. The predicted molar refractivity (Wildman–Crippen MR) is 135 cm³/mol. The molecule has 0 radical (unpaired) electrons. The fraction of sp³-hybridized carbons (Fsp3) is 0.231. The summed E-state index contributed by atoms with van der Waals surface area (Å²) in [6, 6.07) is 28.4. The Hall–Kier alpha value is -2.32. The molecule has 2 atom stereocenters. The third kappa shape index (κ3) is 6.84. The van der Waals surface area contributed by atoms with Gasteiger partial charge < -0.3 is 9.47 Å². The van der Waals surface area contributed by atoms with Gasteiger partial charge in [0.1, 0.15) is 15.8 Å². The summed E-state index contributed by atoms with van der Waals surface area (Å²) in [5.41, 5.74) is 0. The Morgan fingerprint density at radius 1 is 0.844 bits per heavy atom. The summed E-state index contributed by atoms with van der Waals surface area (Å²) < 4.78 is 10.6. The topological polar surface area (TPSA) is 52.6 Å². The van der Waals surface area contributed by atoms with Crippen molar-refractivity contribution < 1.29 is 19.1 Å². The van der Waals surface area contributed by atoms with Crippen LogP contribution in [0.2, 0.25) is 0 Å². The van der Waals surface area contributed by atoms with E-state index >= 15 is 0 Å². The minimum Gasteiger partial charge on any atom is -0.461 e. The van der Waals surface area contributed by atoms with Crippen molar-refractivity contribution in [1.29, 1.82) is 0 Å². The smallest absolute Gasteiger partial charge is 0.318 e. The van der Waals surface area contributed by atoms with Gasteiger partial charge in [0.25, 0.3) is 0 Å². The first-order valence-electron chi connectivity index (χ1n) is 10.5. The molecule has 3 aromatic rings. The number of carbonyl (C=O) groups is 2. The number of carbonyl (C=O) groups excluding carboxylic acids is 2. The zero-order valence-corrected chi connectivity index (χ0v) is 21.0. The van der Waals surface area contributed by atoms with Crippen LogP contribution in [0.4, 0.5) is 0 Å². The molecular weight excluding hydrogens is 535 g/mol. The molecule has 0 fully saturated rings. The molecule has 0 amide bonds. The monoisotopic (exact) mass is 561 g/mol. The number of hydrogen-bond donors (Lipinski definition) is 0. The van der Waals surface area contributed by atoms with E-state index in [2.05, 4.69) is 24.3 Å². The van der Waals surface area contributed by atoms with E-state index in [1.165, 1.54) is 9.79 Å². The summed E-state index contributed by atoms with van der Waals surface area (Å²) in [5, 5.41) is 0. The highest BCUT2D eigenvalue weighted by molar-refractivity contribution is 14.1. The van der Waals surface area contributed by atoms with E-state index in [1.54, 1.807) is 6.92 Å². The van der Waals surface area contributed by atoms with Crippen LogP contribution in [0.3, 0.4) is 0 Å². The van der Waals surface area contributed by atoms with Crippen molar-refractivity contribution in [2.24, 2.45) is 0 Å². The van der Waals surface area contributed by atoms with Gasteiger partial charge in [-0.2, -0.15) is 0 Å². The first-order valence-corrected chi connectivity index (χ1v) is 12.9. The maximum absolute atomic E-state index is 12.4.